The Morgan fingerprint density at radius 2 is 1.96 bits per heavy atom. The maximum atomic E-state index is 11.5. The zero-order valence-electron chi connectivity index (χ0n) is 13.6. The molecule has 120 valence electrons. The largest absolute Gasteiger partial charge is 0.481 e. The summed E-state index contributed by atoms with van der Waals surface area (Å²) >= 11 is 0. The summed E-state index contributed by atoms with van der Waals surface area (Å²) in [5, 5.41) is 12.9. The van der Waals surface area contributed by atoms with Crippen LogP contribution in [0.3, 0.4) is 0 Å². The summed E-state index contributed by atoms with van der Waals surface area (Å²) in [5.41, 5.74) is 2.85. The number of nitrogens with one attached hydrogen (secondary N) is 1. The number of hydrogen-bond acceptors (Lipinski definition) is 4. The van der Waals surface area contributed by atoms with Crippen molar-refractivity contribution in [2.45, 2.75) is 45.1 Å². The average molecular weight is 311 g/mol. The Kier molecular flexibility index (Phi) is 4.03. The molecule has 2 N–H and O–H groups in total. The van der Waals surface area contributed by atoms with Crippen molar-refractivity contribution in [2.75, 3.05) is 5.32 Å². The summed E-state index contributed by atoms with van der Waals surface area (Å²) in [5.74, 6) is 0.568. The van der Waals surface area contributed by atoms with E-state index in [2.05, 4.69) is 29.1 Å². The summed E-state index contributed by atoms with van der Waals surface area (Å²) in [6.07, 6.45) is 0.536. The van der Waals surface area contributed by atoms with Crippen LogP contribution in [0.25, 0.3) is 0 Å². The molecule has 2 aromatic rings. The molecular formula is C18H21N3O2. The highest BCUT2D eigenvalue weighted by molar-refractivity contribution is 5.78. The van der Waals surface area contributed by atoms with Gasteiger partial charge in [0.25, 0.3) is 0 Å². The molecule has 3 rings (SSSR count). The number of carboxylic acids is 1. The number of carbonyl (C=O) groups is 1. The van der Waals surface area contributed by atoms with Gasteiger partial charge in [0.05, 0.1) is 12.0 Å². The second kappa shape index (κ2) is 5.99. The van der Waals surface area contributed by atoms with E-state index in [-0.39, 0.29) is 12.0 Å². The van der Waals surface area contributed by atoms with Crippen molar-refractivity contribution in [3.05, 3.63) is 53.0 Å². The monoisotopic (exact) mass is 311 g/mol. The van der Waals surface area contributed by atoms with E-state index in [1.165, 1.54) is 0 Å². The first-order valence-corrected chi connectivity index (χ1v) is 7.89. The molecule has 2 atom stereocenters. The Hall–Kier alpha value is -2.43. The first-order chi connectivity index (χ1) is 11.0. The normalized spacial score (nSPS) is 19.7. The van der Waals surface area contributed by atoms with E-state index in [1.807, 2.05) is 37.3 Å². The standard InChI is InChI=1S/C18H21N3O2/c1-10(2)17-19-11(3)8-16(21-17)20-15-9-14(18(22)23)12-6-4-5-7-13(12)15/h4-8,10,14-15H,9H2,1-3H3,(H,22,23)(H,19,20,21). The SMILES string of the molecule is Cc1cc(NC2CC(C(=O)O)c3ccccc32)nc(C(C)C)n1. The van der Waals surface area contributed by atoms with Crippen molar-refractivity contribution < 1.29 is 9.90 Å². The number of benzene rings is 1. The van der Waals surface area contributed by atoms with E-state index in [1.54, 1.807) is 0 Å². The van der Waals surface area contributed by atoms with E-state index < -0.39 is 11.9 Å². The van der Waals surface area contributed by atoms with Crippen molar-refractivity contribution in [2.24, 2.45) is 0 Å². The Morgan fingerprint density at radius 3 is 2.61 bits per heavy atom. The zero-order valence-corrected chi connectivity index (χ0v) is 13.6. The summed E-state index contributed by atoms with van der Waals surface area (Å²) in [6, 6.07) is 9.60. The Labute approximate surface area is 135 Å². The molecule has 0 bridgehead atoms. The van der Waals surface area contributed by atoms with Crippen LogP contribution in [0, 0.1) is 6.92 Å². The van der Waals surface area contributed by atoms with E-state index in [0.29, 0.717) is 6.42 Å². The van der Waals surface area contributed by atoms with E-state index >= 15 is 0 Å². The summed E-state index contributed by atoms with van der Waals surface area (Å²) in [6.45, 7) is 6.06. The summed E-state index contributed by atoms with van der Waals surface area (Å²) in [7, 11) is 0. The fourth-order valence-electron chi connectivity index (χ4n) is 3.11. The topological polar surface area (TPSA) is 75.1 Å². The second-order valence-electron chi connectivity index (χ2n) is 6.36. The second-order valence-corrected chi connectivity index (χ2v) is 6.36. The maximum absolute atomic E-state index is 11.5. The molecule has 2 unspecified atom stereocenters. The summed E-state index contributed by atoms with van der Waals surface area (Å²) in [4.78, 5) is 20.5. The lowest BCUT2D eigenvalue weighted by Gasteiger charge is -2.16. The van der Waals surface area contributed by atoms with Gasteiger partial charge in [0.2, 0.25) is 0 Å². The van der Waals surface area contributed by atoms with Crippen molar-refractivity contribution in [3.8, 4) is 0 Å². The molecule has 0 saturated carbocycles. The number of hydrogen-bond donors (Lipinski definition) is 2. The molecule has 0 amide bonds. The van der Waals surface area contributed by atoms with Crippen LogP contribution in [0.1, 0.15) is 60.8 Å². The van der Waals surface area contributed by atoms with Crippen LogP contribution in [0.4, 0.5) is 5.82 Å². The molecule has 1 aliphatic rings. The van der Waals surface area contributed by atoms with Crippen molar-refractivity contribution in [1.29, 1.82) is 0 Å². The quantitative estimate of drug-likeness (QED) is 0.901. The first-order valence-electron chi connectivity index (χ1n) is 7.89. The molecule has 0 fully saturated rings. The molecule has 0 saturated heterocycles. The molecule has 1 aromatic heterocycles. The number of carboxylic acid groups (broad SMARTS) is 1. The Balaban J connectivity index is 1.91. The van der Waals surface area contributed by atoms with Crippen LogP contribution >= 0.6 is 0 Å². The van der Waals surface area contributed by atoms with E-state index in [0.717, 1.165) is 28.5 Å². The molecule has 0 spiro atoms. The first kappa shape index (κ1) is 15.5. The molecule has 5 heteroatoms. The number of aryl methyl sites for hydroxylation is 1. The van der Waals surface area contributed by atoms with Gasteiger partial charge >= 0.3 is 5.97 Å². The van der Waals surface area contributed by atoms with Gasteiger partial charge in [-0.25, -0.2) is 9.97 Å². The van der Waals surface area contributed by atoms with Crippen molar-refractivity contribution in [1.82, 2.24) is 9.97 Å². The van der Waals surface area contributed by atoms with Crippen LogP contribution in [-0.2, 0) is 4.79 Å². The fraction of sp³-hybridized carbons (Fsp3) is 0.389. The number of rotatable bonds is 4. The lowest BCUT2D eigenvalue weighted by Crippen LogP contribution is -2.13. The number of nitrogens with zero attached hydrogens (tertiary/aromatic N) is 2. The highest BCUT2D eigenvalue weighted by Gasteiger charge is 2.35. The zero-order chi connectivity index (χ0) is 16.6. The van der Waals surface area contributed by atoms with Crippen molar-refractivity contribution in [3.63, 3.8) is 0 Å². The van der Waals surface area contributed by atoms with Crippen molar-refractivity contribution >= 4 is 11.8 Å². The van der Waals surface area contributed by atoms with Gasteiger partial charge in [-0.1, -0.05) is 38.1 Å². The van der Waals surface area contributed by atoms with Gasteiger partial charge in [0, 0.05) is 17.7 Å². The van der Waals surface area contributed by atoms with Gasteiger partial charge in [-0.05, 0) is 24.5 Å². The average Bonchev–Trinajstić information content (AvgIpc) is 2.86. The number of fused-ring (bicyclic) bond motifs is 1. The number of anilines is 1. The van der Waals surface area contributed by atoms with Crippen LogP contribution in [0.15, 0.2) is 30.3 Å². The highest BCUT2D eigenvalue weighted by Crippen LogP contribution is 2.41. The third kappa shape index (κ3) is 3.04. The van der Waals surface area contributed by atoms with E-state index in [4.69, 9.17) is 0 Å². The minimum Gasteiger partial charge on any atom is -0.481 e. The smallest absolute Gasteiger partial charge is 0.311 e. The van der Waals surface area contributed by atoms with Gasteiger partial charge in [0.1, 0.15) is 11.6 Å². The lowest BCUT2D eigenvalue weighted by molar-refractivity contribution is -0.138. The third-order valence-electron chi connectivity index (χ3n) is 4.23. The molecule has 5 nitrogen and oxygen atoms in total. The maximum Gasteiger partial charge on any atom is 0.311 e. The summed E-state index contributed by atoms with van der Waals surface area (Å²) < 4.78 is 0. The minimum absolute atomic E-state index is 0.0402. The fourth-order valence-corrected chi connectivity index (χ4v) is 3.11. The molecule has 1 heterocycles. The van der Waals surface area contributed by atoms with Gasteiger partial charge in [-0.2, -0.15) is 0 Å². The van der Waals surface area contributed by atoms with E-state index in [9.17, 15) is 9.90 Å². The highest BCUT2D eigenvalue weighted by atomic mass is 16.4. The van der Waals surface area contributed by atoms with Crippen LogP contribution < -0.4 is 5.32 Å². The number of aromatic nitrogens is 2. The van der Waals surface area contributed by atoms with Crippen LogP contribution in [0.5, 0.6) is 0 Å². The Bertz CT molecular complexity index is 743. The minimum atomic E-state index is -0.775. The van der Waals surface area contributed by atoms with Gasteiger partial charge in [-0.3, -0.25) is 4.79 Å². The van der Waals surface area contributed by atoms with Gasteiger partial charge < -0.3 is 10.4 Å². The molecule has 0 aliphatic heterocycles. The van der Waals surface area contributed by atoms with Crippen LogP contribution in [0.2, 0.25) is 0 Å². The molecule has 0 radical (unpaired) electrons. The third-order valence-corrected chi connectivity index (χ3v) is 4.23. The van der Waals surface area contributed by atoms with Crippen LogP contribution in [-0.4, -0.2) is 21.0 Å². The molecule has 1 aromatic carbocycles. The molecule has 1 aliphatic carbocycles. The molecule has 23 heavy (non-hydrogen) atoms. The predicted molar refractivity (Wildman–Crippen MR) is 88.7 cm³/mol. The van der Waals surface area contributed by atoms with Gasteiger partial charge in [-0.15, -0.1) is 0 Å². The Morgan fingerprint density at radius 1 is 1.26 bits per heavy atom. The predicted octanol–water partition coefficient (Wildman–Crippen LogP) is 3.63. The number of aliphatic carboxylic acids is 1. The molecular weight excluding hydrogens is 290 g/mol. The lowest BCUT2D eigenvalue weighted by atomic mass is 10.0. The van der Waals surface area contributed by atoms with Gasteiger partial charge in [0.15, 0.2) is 0 Å².